The summed E-state index contributed by atoms with van der Waals surface area (Å²) in [5, 5.41) is 15.2. The molecule has 3 N–H and O–H groups in total. The number of amides is 2. The van der Waals surface area contributed by atoms with Crippen LogP contribution in [0.3, 0.4) is 0 Å². The van der Waals surface area contributed by atoms with E-state index in [-0.39, 0.29) is 35.9 Å². The molecule has 5 nitrogen and oxygen atoms in total. The summed E-state index contributed by atoms with van der Waals surface area (Å²) >= 11 is 6.09. The van der Waals surface area contributed by atoms with Crippen LogP contribution in [0.25, 0.3) is 0 Å². The van der Waals surface area contributed by atoms with E-state index in [1.807, 2.05) is 13.8 Å². The lowest BCUT2D eigenvalue weighted by atomic mass is 10.0. The highest BCUT2D eigenvalue weighted by Gasteiger charge is 2.17. The van der Waals surface area contributed by atoms with Gasteiger partial charge < -0.3 is 15.7 Å². The maximum absolute atomic E-state index is 12.4. The van der Waals surface area contributed by atoms with Crippen molar-refractivity contribution < 1.29 is 14.7 Å². The Morgan fingerprint density at radius 1 is 1.22 bits per heavy atom. The minimum Gasteiger partial charge on any atom is -0.394 e. The highest BCUT2D eigenvalue weighted by molar-refractivity contribution is 6.34. The van der Waals surface area contributed by atoms with E-state index in [0.717, 1.165) is 0 Å². The molecular formula is C17H25ClN2O3. The Morgan fingerprint density at radius 3 is 2.39 bits per heavy atom. The van der Waals surface area contributed by atoms with Crippen LogP contribution in [0, 0.1) is 11.8 Å². The highest BCUT2D eigenvalue weighted by Crippen LogP contribution is 2.21. The van der Waals surface area contributed by atoms with Gasteiger partial charge in [-0.15, -0.1) is 0 Å². The first kappa shape index (κ1) is 19.5. The predicted octanol–water partition coefficient (Wildman–Crippen LogP) is 3.07. The quantitative estimate of drug-likeness (QED) is 0.713. The van der Waals surface area contributed by atoms with Gasteiger partial charge in [-0.25, -0.2) is 0 Å². The molecule has 0 saturated carbocycles. The summed E-state index contributed by atoms with van der Waals surface area (Å²) in [7, 11) is 0. The average Bonchev–Trinajstić information content (AvgIpc) is 2.47. The van der Waals surface area contributed by atoms with Crippen LogP contribution in [-0.2, 0) is 4.79 Å². The SMILES string of the molecule is CC(C)CC(CO)NC(=O)c1cc(NC(=O)C(C)C)ccc1Cl. The third-order valence-electron chi connectivity index (χ3n) is 3.31. The van der Waals surface area contributed by atoms with Crippen molar-refractivity contribution in [1.82, 2.24) is 5.32 Å². The standard InChI is InChI=1S/C17H25ClN2O3/c1-10(2)7-13(9-21)20-17(23)14-8-12(5-6-15(14)18)19-16(22)11(3)4/h5-6,8,10-11,13,21H,7,9H2,1-4H3,(H,19,22)(H,20,23). The monoisotopic (exact) mass is 340 g/mol. The van der Waals surface area contributed by atoms with E-state index in [1.54, 1.807) is 32.0 Å². The molecule has 23 heavy (non-hydrogen) atoms. The van der Waals surface area contributed by atoms with Crippen molar-refractivity contribution in [2.75, 3.05) is 11.9 Å². The maximum atomic E-state index is 12.4. The Hall–Kier alpha value is -1.59. The number of rotatable bonds is 7. The van der Waals surface area contributed by atoms with Gasteiger partial charge in [0.05, 0.1) is 23.2 Å². The van der Waals surface area contributed by atoms with Crippen molar-refractivity contribution in [3.63, 3.8) is 0 Å². The summed E-state index contributed by atoms with van der Waals surface area (Å²) in [6, 6.07) is 4.44. The number of hydrogen-bond donors (Lipinski definition) is 3. The zero-order chi connectivity index (χ0) is 17.6. The summed E-state index contributed by atoms with van der Waals surface area (Å²) < 4.78 is 0. The van der Waals surface area contributed by atoms with Crippen LogP contribution in [0.2, 0.25) is 5.02 Å². The topological polar surface area (TPSA) is 78.4 Å². The molecule has 6 heteroatoms. The van der Waals surface area contributed by atoms with Crippen LogP contribution in [-0.4, -0.2) is 29.6 Å². The molecule has 1 aromatic carbocycles. The summed E-state index contributed by atoms with van der Waals surface area (Å²) in [5.74, 6) is -0.311. The van der Waals surface area contributed by atoms with Gasteiger partial charge in [0, 0.05) is 11.6 Å². The van der Waals surface area contributed by atoms with E-state index in [1.165, 1.54) is 0 Å². The first-order valence-corrected chi connectivity index (χ1v) is 8.14. The van der Waals surface area contributed by atoms with Crippen LogP contribution in [0.5, 0.6) is 0 Å². The second-order valence-corrected chi connectivity index (χ2v) is 6.73. The van der Waals surface area contributed by atoms with E-state index >= 15 is 0 Å². The Balaban J connectivity index is 2.89. The number of aliphatic hydroxyl groups is 1. The zero-order valence-corrected chi connectivity index (χ0v) is 14.8. The fraction of sp³-hybridized carbons (Fsp3) is 0.529. The number of halogens is 1. The van der Waals surface area contributed by atoms with Gasteiger partial charge in [0.25, 0.3) is 5.91 Å². The molecule has 1 atom stereocenters. The lowest BCUT2D eigenvalue weighted by molar-refractivity contribution is -0.118. The first-order valence-electron chi connectivity index (χ1n) is 7.76. The van der Waals surface area contributed by atoms with E-state index in [9.17, 15) is 14.7 Å². The zero-order valence-electron chi connectivity index (χ0n) is 14.0. The summed E-state index contributed by atoms with van der Waals surface area (Å²) in [5.41, 5.74) is 0.790. The number of aliphatic hydroxyl groups excluding tert-OH is 1. The molecule has 0 aliphatic carbocycles. The van der Waals surface area contributed by atoms with Gasteiger partial charge in [-0.3, -0.25) is 9.59 Å². The van der Waals surface area contributed by atoms with E-state index in [0.29, 0.717) is 23.0 Å². The van der Waals surface area contributed by atoms with Crippen molar-refractivity contribution in [2.45, 2.75) is 40.2 Å². The molecule has 0 radical (unpaired) electrons. The maximum Gasteiger partial charge on any atom is 0.253 e. The van der Waals surface area contributed by atoms with Crippen LogP contribution < -0.4 is 10.6 Å². The fourth-order valence-corrected chi connectivity index (χ4v) is 2.28. The molecule has 128 valence electrons. The van der Waals surface area contributed by atoms with E-state index in [4.69, 9.17) is 11.6 Å². The smallest absolute Gasteiger partial charge is 0.253 e. The largest absolute Gasteiger partial charge is 0.394 e. The number of carbonyl (C=O) groups is 2. The Morgan fingerprint density at radius 2 is 1.87 bits per heavy atom. The number of nitrogens with one attached hydrogen (secondary N) is 2. The molecule has 2 amide bonds. The molecule has 0 aliphatic rings. The van der Waals surface area contributed by atoms with Crippen molar-refractivity contribution in [2.24, 2.45) is 11.8 Å². The van der Waals surface area contributed by atoms with Gasteiger partial charge in [-0.2, -0.15) is 0 Å². The molecule has 0 spiro atoms. The van der Waals surface area contributed by atoms with E-state index < -0.39 is 0 Å². The molecule has 0 saturated heterocycles. The normalized spacial score (nSPS) is 12.3. The number of hydrogen-bond acceptors (Lipinski definition) is 3. The Labute approximate surface area is 142 Å². The molecule has 0 fully saturated rings. The molecule has 0 heterocycles. The molecule has 0 bridgehead atoms. The second kappa shape index (κ2) is 8.89. The molecular weight excluding hydrogens is 316 g/mol. The Kier molecular flexibility index (Phi) is 7.52. The Bertz CT molecular complexity index is 559. The van der Waals surface area contributed by atoms with Crippen LogP contribution in [0.1, 0.15) is 44.5 Å². The van der Waals surface area contributed by atoms with Gasteiger partial charge in [0.15, 0.2) is 0 Å². The van der Waals surface area contributed by atoms with Gasteiger partial charge in [0.2, 0.25) is 5.91 Å². The van der Waals surface area contributed by atoms with Crippen LogP contribution in [0.15, 0.2) is 18.2 Å². The van der Waals surface area contributed by atoms with Crippen molar-refractivity contribution in [3.8, 4) is 0 Å². The van der Waals surface area contributed by atoms with Crippen molar-refractivity contribution in [3.05, 3.63) is 28.8 Å². The van der Waals surface area contributed by atoms with Gasteiger partial charge in [-0.05, 0) is 30.5 Å². The molecule has 0 aromatic heterocycles. The van der Waals surface area contributed by atoms with Crippen molar-refractivity contribution >= 4 is 29.1 Å². The van der Waals surface area contributed by atoms with Crippen LogP contribution in [0.4, 0.5) is 5.69 Å². The third kappa shape index (κ3) is 6.20. The van der Waals surface area contributed by atoms with Gasteiger partial charge in [-0.1, -0.05) is 39.3 Å². The number of benzene rings is 1. The molecule has 1 rings (SSSR count). The van der Waals surface area contributed by atoms with Gasteiger partial charge in [0.1, 0.15) is 0 Å². The molecule has 1 unspecified atom stereocenters. The summed E-state index contributed by atoms with van der Waals surface area (Å²) in [6.07, 6.45) is 0.670. The van der Waals surface area contributed by atoms with Gasteiger partial charge >= 0.3 is 0 Å². The third-order valence-corrected chi connectivity index (χ3v) is 3.64. The van der Waals surface area contributed by atoms with Crippen LogP contribution >= 0.6 is 11.6 Å². The summed E-state index contributed by atoms with van der Waals surface area (Å²) in [4.78, 5) is 24.1. The minimum absolute atomic E-state index is 0.133. The second-order valence-electron chi connectivity index (χ2n) is 6.32. The highest BCUT2D eigenvalue weighted by atomic mass is 35.5. The minimum atomic E-state index is -0.365. The average molecular weight is 341 g/mol. The first-order chi connectivity index (χ1) is 10.7. The number of anilines is 1. The summed E-state index contributed by atoms with van der Waals surface area (Å²) in [6.45, 7) is 7.48. The number of carbonyl (C=O) groups excluding carboxylic acids is 2. The lowest BCUT2D eigenvalue weighted by Gasteiger charge is -2.19. The van der Waals surface area contributed by atoms with E-state index in [2.05, 4.69) is 10.6 Å². The fourth-order valence-electron chi connectivity index (χ4n) is 2.07. The molecule has 0 aliphatic heterocycles. The van der Waals surface area contributed by atoms with Crippen molar-refractivity contribution in [1.29, 1.82) is 0 Å². The molecule has 1 aromatic rings. The predicted molar refractivity (Wildman–Crippen MR) is 92.7 cm³/mol. The lowest BCUT2D eigenvalue weighted by Crippen LogP contribution is -2.38.